The third-order valence-electron chi connectivity index (χ3n) is 3.19. The molecule has 0 aliphatic heterocycles. The van der Waals surface area contributed by atoms with Crippen LogP contribution in [0.3, 0.4) is 0 Å². The molecule has 0 atom stereocenters. The van der Waals surface area contributed by atoms with Gasteiger partial charge in [-0.3, -0.25) is 14.6 Å². The first kappa shape index (κ1) is 13.7. The van der Waals surface area contributed by atoms with Gasteiger partial charge in [0, 0.05) is 18.9 Å². The fraction of sp³-hybridized carbons (Fsp3) is 0.0667. The molecule has 110 valence electrons. The Balaban J connectivity index is 1.91. The van der Waals surface area contributed by atoms with Crippen LogP contribution in [0.1, 0.15) is 16.2 Å². The number of nitrogens with zero attached hydrogens (tertiary/aromatic N) is 3. The number of carbonyl (C=O) groups is 1. The molecule has 0 spiro atoms. The molecule has 7 nitrogen and oxygen atoms in total. The third kappa shape index (κ3) is 2.51. The minimum Gasteiger partial charge on any atom is -0.345 e. The Kier molecular flexibility index (Phi) is 3.53. The predicted molar refractivity (Wildman–Crippen MR) is 81.6 cm³/mol. The summed E-state index contributed by atoms with van der Waals surface area (Å²) in [7, 11) is 0. The number of aromatic nitrogens is 3. The molecule has 3 aromatic rings. The van der Waals surface area contributed by atoms with E-state index in [1.165, 1.54) is 0 Å². The zero-order chi connectivity index (χ0) is 15.5. The van der Waals surface area contributed by atoms with Gasteiger partial charge in [0.25, 0.3) is 11.5 Å². The number of nitrogen functional groups attached to an aromatic ring is 1. The summed E-state index contributed by atoms with van der Waals surface area (Å²) in [5, 5.41) is 3.04. The van der Waals surface area contributed by atoms with Gasteiger partial charge in [-0.25, -0.2) is 9.66 Å². The van der Waals surface area contributed by atoms with Gasteiger partial charge in [-0.1, -0.05) is 18.2 Å². The first-order chi connectivity index (χ1) is 10.7. The van der Waals surface area contributed by atoms with Crippen molar-refractivity contribution in [3.8, 4) is 0 Å². The number of para-hydroxylation sites is 1. The Hall–Kier alpha value is -3.22. The normalized spacial score (nSPS) is 10.5. The smallest absolute Gasteiger partial charge is 0.289 e. The molecule has 0 saturated carbocycles. The van der Waals surface area contributed by atoms with Gasteiger partial charge >= 0.3 is 0 Å². The number of nitrogens with two attached hydrogens (primary N) is 1. The van der Waals surface area contributed by atoms with Gasteiger partial charge < -0.3 is 11.2 Å². The average Bonchev–Trinajstić information content (AvgIpc) is 2.57. The molecule has 0 aliphatic rings. The van der Waals surface area contributed by atoms with Gasteiger partial charge in [0.15, 0.2) is 0 Å². The quantitative estimate of drug-likeness (QED) is 0.682. The summed E-state index contributed by atoms with van der Waals surface area (Å²) in [6.45, 7) is 0.273. The topological polar surface area (TPSA) is 103 Å². The Morgan fingerprint density at radius 2 is 2.05 bits per heavy atom. The molecular formula is C15H13N5O2. The monoisotopic (exact) mass is 295 g/mol. The minimum atomic E-state index is -0.519. The highest BCUT2D eigenvalue weighted by molar-refractivity contribution is 5.93. The Labute approximate surface area is 125 Å². The van der Waals surface area contributed by atoms with Crippen LogP contribution in [0.4, 0.5) is 0 Å². The number of amides is 1. The molecular weight excluding hydrogens is 282 g/mol. The van der Waals surface area contributed by atoms with E-state index in [0.29, 0.717) is 10.9 Å². The van der Waals surface area contributed by atoms with E-state index in [9.17, 15) is 9.59 Å². The molecule has 1 aromatic carbocycles. The first-order valence-electron chi connectivity index (χ1n) is 6.61. The highest BCUT2D eigenvalue weighted by Gasteiger charge is 2.15. The van der Waals surface area contributed by atoms with E-state index >= 15 is 0 Å². The van der Waals surface area contributed by atoms with Crippen molar-refractivity contribution >= 4 is 16.8 Å². The van der Waals surface area contributed by atoms with Gasteiger partial charge in [0.1, 0.15) is 0 Å². The van der Waals surface area contributed by atoms with Gasteiger partial charge in [-0.2, -0.15) is 0 Å². The summed E-state index contributed by atoms with van der Waals surface area (Å²) in [5.41, 5.74) is 0.806. The molecule has 1 amide bonds. The fourth-order valence-electron chi connectivity index (χ4n) is 2.07. The number of fused-ring (bicyclic) bond motifs is 1. The minimum absolute atomic E-state index is 0.132. The summed E-state index contributed by atoms with van der Waals surface area (Å²) in [5.74, 6) is 5.04. The SMILES string of the molecule is Nn1c(C(=O)NCc2cccnc2)nc2ccccc2c1=O. The zero-order valence-corrected chi connectivity index (χ0v) is 11.6. The lowest BCUT2D eigenvalue weighted by atomic mass is 10.2. The van der Waals surface area contributed by atoms with Gasteiger partial charge in [-0.15, -0.1) is 0 Å². The molecule has 0 aliphatic carbocycles. The lowest BCUT2D eigenvalue weighted by Gasteiger charge is -2.09. The van der Waals surface area contributed by atoms with Crippen LogP contribution in [-0.4, -0.2) is 20.6 Å². The number of carbonyl (C=O) groups excluding carboxylic acids is 1. The van der Waals surface area contributed by atoms with Gasteiger partial charge in [0.2, 0.25) is 5.82 Å². The maximum Gasteiger partial charge on any atom is 0.289 e. The van der Waals surface area contributed by atoms with Crippen LogP contribution in [0.15, 0.2) is 53.6 Å². The molecule has 3 rings (SSSR count). The summed E-state index contributed by atoms with van der Waals surface area (Å²) >= 11 is 0. The predicted octanol–water partition coefficient (Wildman–Crippen LogP) is 0.435. The first-order valence-corrected chi connectivity index (χ1v) is 6.61. The second-order valence-corrected chi connectivity index (χ2v) is 4.67. The van der Waals surface area contributed by atoms with E-state index in [0.717, 1.165) is 10.2 Å². The molecule has 0 saturated heterocycles. The summed E-state index contributed by atoms with van der Waals surface area (Å²) < 4.78 is 0.765. The maximum atomic E-state index is 12.2. The van der Waals surface area contributed by atoms with E-state index in [4.69, 9.17) is 5.84 Å². The number of pyridine rings is 1. The highest BCUT2D eigenvalue weighted by Crippen LogP contribution is 2.06. The van der Waals surface area contributed by atoms with Crippen molar-refractivity contribution in [2.45, 2.75) is 6.54 Å². The van der Waals surface area contributed by atoms with Crippen LogP contribution in [0.2, 0.25) is 0 Å². The molecule has 0 bridgehead atoms. The van der Waals surface area contributed by atoms with Crippen molar-refractivity contribution in [3.63, 3.8) is 0 Å². The van der Waals surface area contributed by atoms with Crippen molar-refractivity contribution in [3.05, 3.63) is 70.5 Å². The van der Waals surface area contributed by atoms with Crippen molar-refractivity contribution < 1.29 is 4.79 Å². The summed E-state index contributed by atoms with van der Waals surface area (Å²) in [4.78, 5) is 32.5. The summed E-state index contributed by atoms with van der Waals surface area (Å²) in [6, 6.07) is 10.3. The average molecular weight is 295 g/mol. The molecule has 2 aromatic heterocycles. The van der Waals surface area contributed by atoms with E-state index in [1.807, 2.05) is 6.07 Å². The molecule has 0 fully saturated rings. The van der Waals surface area contributed by atoms with Crippen LogP contribution < -0.4 is 16.7 Å². The van der Waals surface area contributed by atoms with Crippen LogP contribution in [-0.2, 0) is 6.54 Å². The second kappa shape index (κ2) is 5.65. The van der Waals surface area contributed by atoms with E-state index in [1.54, 1.807) is 42.7 Å². The maximum absolute atomic E-state index is 12.2. The number of hydrogen-bond acceptors (Lipinski definition) is 5. The highest BCUT2D eigenvalue weighted by atomic mass is 16.2. The standard InChI is InChI=1S/C15H13N5O2/c16-20-13(14(21)18-9-10-4-3-7-17-8-10)19-12-6-2-1-5-11(12)15(20)22/h1-8H,9,16H2,(H,18,21). The van der Waals surface area contributed by atoms with Crippen LogP contribution in [0.5, 0.6) is 0 Å². The molecule has 7 heteroatoms. The van der Waals surface area contributed by atoms with Gasteiger partial charge in [0.05, 0.1) is 10.9 Å². The number of nitrogens with one attached hydrogen (secondary N) is 1. The fourth-order valence-corrected chi connectivity index (χ4v) is 2.07. The Bertz CT molecular complexity index is 889. The van der Waals surface area contributed by atoms with E-state index in [2.05, 4.69) is 15.3 Å². The summed E-state index contributed by atoms with van der Waals surface area (Å²) in [6.07, 6.45) is 3.29. The van der Waals surface area contributed by atoms with Crippen molar-refractivity contribution in [1.29, 1.82) is 0 Å². The van der Waals surface area contributed by atoms with E-state index in [-0.39, 0.29) is 12.4 Å². The van der Waals surface area contributed by atoms with Crippen molar-refractivity contribution in [2.24, 2.45) is 0 Å². The molecule has 0 unspecified atom stereocenters. The molecule has 22 heavy (non-hydrogen) atoms. The molecule has 2 heterocycles. The molecule has 0 radical (unpaired) electrons. The van der Waals surface area contributed by atoms with E-state index < -0.39 is 11.5 Å². The Morgan fingerprint density at radius 1 is 1.23 bits per heavy atom. The molecule has 3 N–H and O–H groups in total. The second-order valence-electron chi connectivity index (χ2n) is 4.67. The van der Waals surface area contributed by atoms with Gasteiger partial charge in [-0.05, 0) is 23.8 Å². The third-order valence-corrected chi connectivity index (χ3v) is 3.19. The number of rotatable bonds is 3. The number of hydrogen-bond donors (Lipinski definition) is 2. The largest absolute Gasteiger partial charge is 0.345 e. The zero-order valence-electron chi connectivity index (χ0n) is 11.6. The van der Waals surface area contributed by atoms with Crippen LogP contribution >= 0.6 is 0 Å². The van der Waals surface area contributed by atoms with Crippen molar-refractivity contribution in [1.82, 2.24) is 20.0 Å². The lowest BCUT2D eigenvalue weighted by Crippen LogP contribution is -2.37. The Morgan fingerprint density at radius 3 is 2.82 bits per heavy atom. The lowest BCUT2D eigenvalue weighted by molar-refractivity contribution is 0.0937. The van der Waals surface area contributed by atoms with Crippen LogP contribution in [0.25, 0.3) is 10.9 Å². The van der Waals surface area contributed by atoms with Crippen LogP contribution in [0, 0.1) is 0 Å². The number of benzene rings is 1. The van der Waals surface area contributed by atoms with Crippen molar-refractivity contribution in [2.75, 3.05) is 5.84 Å².